The third kappa shape index (κ3) is 2.16. The molecule has 5 heteroatoms. The number of carbonyl (C=O) groups is 1. The van der Waals surface area contributed by atoms with Gasteiger partial charge in [-0.15, -0.1) is 10.2 Å². The standard InChI is InChI=1S/C10H15N3O2/c14-10(15)9(13-6-11-12-7-13)8-4-2-1-3-5-8/h6-9H,1-5H2,(H,14,15). The molecule has 1 aliphatic rings. The molecule has 82 valence electrons. The van der Waals surface area contributed by atoms with Gasteiger partial charge in [0.25, 0.3) is 0 Å². The Balaban J connectivity index is 2.15. The molecule has 15 heavy (non-hydrogen) atoms. The van der Waals surface area contributed by atoms with E-state index in [0.29, 0.717) is 0 Å². The molecule has 1 aromatic heterocycles. The Morgan fingerprint density at radius 2 is 1.87 bits per heavy atom. The Morgan fingerprint density at radius 1 is 1.27 bits per heavy atom. The summed E-state index contributed by atoms with van der Waals surface area (Å²) in [5.41, 5.74) is 0. The average molecular weight is 209 g/mol. The largest absolute Gasteiger partial charge is 0.480 e. The molecule has 1 saturated carbocycles. The third-order valence-corrected chi connectivity index (χ3v) is 3.11. The minimum Gasteiger partial charge on any atom is -0.480 e. The normalized spacial score (nSPS) is 20.0. The van der Waals surface area contributed by atoms with Crippen molar-refractivity contribution in [1.29, 1.82) is 0 Å². The minimum atomic E-state index is -0.776. The Kier molecular flexibility index (Phi) is 2.99. The maximum atomic E-state index is 11.2. The lowest BCUT2D eigenvalue weighted by Gasteiger charge is -2.27. The van der Waals surface area contributed by atoms with Crippen molar-refractivity contribution in [2.75, 3.05) is 0 Å². The van der Waals surface area contributed by atoms with E-state index in [4.69, 9.17) is 0 Å². The minimum absolute atomic E-state index is 0.229. The second kappa shape index (κ2) is 4.42. The van der Waals surface area contributed by atoms with Crippen molar-refractivity contribution in [2.45, 2.75) is 38.1 Å². The molecule has 2 rings (SSSR count). The summed E-state index contributed by atoms with van der Waals surface area (Å²) < 4.78 is 1.61. The van der Waals surface area contributed by atoms with Crippen LogP contribution in [0.1, 0.15) is 38.1 Å². The molecule has 0 radical (unpaired) electrons. The van der Waals surface area contributed by atoms with Gasteiger partial charge in [0.05, 0.1) is 0 Å². The van der Waals surface area contributed by atoms with Crippen molar-refractivity contribution in [2.24, 2.45) is 5.92 Å². The Bertz CT molecular complexity index is 317. The fourth-order valence-corrected chi connectivity index (χ4v) is 2.37. The number of rotatable bonds is 3. The first kappa shape index (κ1) is 10.1. The maximum Gasteiger partial charge on any atom is 0.327 e. The second-order valence-electron chi connectivity index (χ2n) is 4.09. The molecule has 1 N–H and O–H groups in total. The van der Waals surface area contributed by atoms with Gasteiger partial charge in [0, 0.05) is 0 Å². The van der Waals surface area contributed by atoms with E-state index in [9.17, 15) is 9.90 Å². The molecular weight excluding hydrogens is 194 g/mol. The zero-order chi connectivity index (χ0) is 10.7. The van der Waals surface area contributed by atoms with Gasteiger partial charge in [-0.25, -0.2) is 4.79 Å². The summed E-state index contributed by atoms with van der Waals surface area (Å²) in [5, 5.41) is 16.6. The average Bonchev–Trinajstić information content (AvgIpc) is 2.72. The number of hydrogen-bond acceptors (Lipinski definition) is 3. The van der Waals surface area contributed by atoms with Gasteiger partial charge in [0.2, 0.25) is 0 Å². The van der Waals surface area contributed by atoms with Gasteiger partial charge in [-0.1, -0.05) is 19.3 Å². The smallest absolute Gasteiger partial charge is 0.327 e. The lowest BCUT2D eigenvalue weighted by molar-refractivity contribution is -0.143. The molecule has 1 aliphatic carbocycles. The quantitative estimate of drug-likeness (QED) is 0.818. The van der Waals surface area contributed by atoms with Crippen LogP contribution in [0, 0.1) is 5.92 Å². The Morgan fingerprint density at radius 3 is 2.40 bits per heavy atom. The summed E-state index contributed by atoms with van der Waals surface area (Å²) in [6, 6.07) is -0.486. The van der Waals surface area contributed by atoms with Crippen LogP contribution in [-0.2, 0) is 4.79 Å². The van der Waals surface area contributed by atoms with Crippen LogP contribution in [0.4, 0.5) is 0 Å². The second-order valence-corrected chi connectivity index (χ2v) is 4.09. The van der Waals surface area contributed by atoms with E-state index >= 15 is 0 Å². The fraction of sp³-hybridized carbons (Fsp3) is 0.700. The predicted molar refractivity (Wildman–Crippen MR) is 53.3 cm³/mol. The zero-order valence-corrected chi connectivity index (χ0v) is 8.54. The van der Waals surface area contributed by atoms with Gasteiger partial charge in [-0.05, 0) is 18.8 Å². The lowest BCUT2D eigenvalue weighted by atomic mass is 9.84. The molecule has 0 spiro atoms. The third-order valence-electron chi connectivity index (χ3n) is 3.11. The molecule has 1 aromatic rings. The molecule has 0 amide bonds. The number of nitrogens with zero attached hydrogens (tertiary/aromatic N) is 3. The number of aliphatic carboxylic acids is 1. The number of carboxylic acid groups (broad SMARTS) is 1. The first-order valence-corrected chi connectivity index (χ1v) is 5.36. The van der Waals surface area contributed by atoms with Crippen LogP contribution >= 0.6 is 0 Å². The molecule has 5 nitrogen and oxygen atoms in total. The van der Waals surface area contributed by atoms with Crippen molar-refractivity contribution in [3.05, 3.63) is 12.7 Å². The maximum absolute atomic E-state index is 11.2. The number of carboxylic acids is 1. The van der Waals surface area contributed by atoms with Crippen molar-refractivity contribution >= 4 is 5.97 Å². The molecule has 0 bridgehead atoms. The summed E-state index contributed by atoms with van der Waals surface area (Å²) in [6.45, 7) is 0. The van der Waals surface area contributed by atoms with E-state index in [-0.39, 0.29) is 5.92 Å². The summed E-state index contributed by atoms with van der Waals surface area (Å²) >= 11 is 0. The molecule has 0 aliphatic heterocycles. The highest BCUT2D eigenvalue weighted by Gasteiger charge is 2.30. The summed E-state index contributed by atoms with van der Waals surface area (Å²) in [5.74, 6) is -0.547. The Labute approximate surface area is 88.1 Å². The molecule has 0 aromatic carbocycles. The van der Waals surface area contributed by atoms with Gasteiger partial charge in [-0.3, -0.25) is 0 Å². The first-order chi connectivity index (χ1) is 7.29. The summed E-state index contributed by atoms with van der Waals surface area (Å²) in [6.07, 6.45) is 8.48. The summed E-state index contributed by atoms with van der Waals surface area (Å²) in [7, 11) is 0. The van der Waals surface area contributed by atoms with Crippen LogP contribution in [0.2, 0.25) is 0 Å². The molecule has 1 atom stereocenters. The van der Waals surface area contributed by atoms with E-state index in [1.807, 2.05) is 0 Å². The first-order valence-electron chi connectivity index (χ1n) is 5.36. The van der Waals surface area contributed by atoms with Crippen LogP contribution < -0.4 is 0 Å². The predicted octanol–water partition coefficient (Wildman–Crippen LogP) is 1.48. The highest BCUT2D eigenvalue weighted by Crippen LogP contribution is 2.32. The van der Waals surface area contributed by atoms with Crippen molar-refractivity contribution in [3.63, 3.8) is 0 Å². The van der Waals surface area contributed by atoms with Crippen LogP contribution in [0.5, 0.6) is 0 Å². The van der Waals surface area contributed by atoms with Gasteiger partial charge in [0.1, 0.15) is 18.7 Å². The monoisotopic (exact) mass is 209 g/mol. The van der Waals surface area contributed by atoms with Crippen LogP contribution in [0.3, 0.4) is 0 Å². The van der Waals surface area contributed by atoms with E-state index in [1.54, 1.807) is 4.57 Å². The highest BCUT2D eigenvalue weighted by atomic mass is 16.4. The van der Waals surface area contributed by atoms with Crippen LogP contribution in [0.15, 0.2) is 12.7 Å². The summed E-state index contributed by atoms with van der Waals surface area (Å²) in [4.78, 5) is 11.2. The van der Waals surface area contributed by atoms with Gasteiger partial charge < -0.3 is 9.67 Å². The van der Waals surface area contributed by atoms with E-state index in [0.717, 1.165) is 25.7 Å². The molecule has 1 unspecified atom stereocenters. The van der Waals surface area contributed by atoms with Crippen LogP contribution in [0.25, 0.3) is 0 Å². The molecule has 0 saturated heterocycles. The van der Waals surface area contributed by atoms with E-state index in [2.05, 4.69) is 10.2 Å². The molecule has 1 heterocycles. The van der Waals surface area contributed by atoms with Crippen molar-refractivity contribution in [1.82, 2.24) is 14.8 Å². The fourth-order valence-electron chi connectivity index (χ4n) is 2.37. The van der Waals surface area contributed by atoms with Gasteiger partial charge in [-0.2, -0.15) is 0 Å². The van der Waals surface area contributed by atoms with Crippen molar-refractivity contribution in [3.8, 4) is 0 Å². The highest BCUT2D eigenvalue weighted by molar-refractivity contribution is 5.72. The Hall–Kier alpha value is -1.39. The van der Waals surface area contributed by atoms with E-state index < -0.39 is 12.0 Å². The zero-order valence-electron chi connectivity index (χ0n) is 8.54. The topological polar surface area (TPSA) is 68.0 Å². The van der Waals surface area contributed by atoms with Gasteiger partial charge in [0.15, 0.2) is 0 Å². The van der Waals surface area contributed by atoms with Crippen molar-refractivity contribution < 1.29 is 9.90 Å². The molecular formula is C10H15N3O2. The van der Waals surface area contributed by atoms with E-state index in [1.165, 1.54) is 19.1 Å². The molecule has 1 fully saturated rings. The number of aromatic nitrogens is 3. The van der Waals surface area contributed by atoms with Gasteiger partial charge >= 0.3 is 5.97 Å². The lowest BCUT2D eigenvalue weighted by Crippen LogP contribution is -2.28. The SMILES string of the molecule is O=C(O)C(C1CCCCC1)n1cnnc1. The number of hydrogen-bond donors (Lipinski definition) is 1. The van der Waals surface area contributed by atoms with Crippen LogP contribution in [-0.4, -0.2) is 25.8 Å².